The lowest BCUT2D eigenvalue weighted by atomic mass is 10.1. The molecular weight excluding hydrogens is 334 g/mol. The predicted octanol–water partition coefficient (Wildman–Crippen LogP) is 3.71. The summed E-state index contributed by atoms with van der Waals surface area (Å²) in [5, 5.41) is 12.0. The zero-order chi connectivity index (χ0) is 18.5. The van der Waals surface area contributed by atoms with Gasteiger partial charge in [0, 0.05) is 5.69 Å². The minimum absolute atomic E-state index is 0.188. The van der Waals surface area contributed by atoms with Crippen molar-refractivity contribution in [1.29, 1.82) is 0 Å². The highest BCUT2D eigenvalue weighted by Crippen LogP contribution is 2.34. The van der Waals surface area contributed by atoms with E-state index in [1.54, 1.807) is 61.7 Å². The van der Waals surface area contributed by atoms with Gasteiger partial charge < -0.3 is 24.3 Å². The van der Waals surface area contributed by atoms with Gasteiger partial charge >= 0.3 is 0 Å². The molecule has 134 valence electrons. The fourth-order valence-electron chi connectivity index (χ4n) is 2.62. The number of hydrogen-bond acceptors (Lipinski definition) is 5. The number of benzene rings is 2. The molecule has 0 aliphatic carbocycles. The Morgan fingerprint density at radius 3 is 2.50 bits per heavy atom. The lowest BCUT2D eigenvalue weighted by Crippen LogP contribution is -2.13. The molecule has 0 atom stereocenters. The van der Waals surface area contributed by atoms with Crippen LogP contribution >= 0.6 is 0 Å². The van der Waals surface area contributed by atoms with Gasteiger partial charge in [-0.3, -0.25) is 4.79 Å². The van der Waals surface area contributed by atoms with Gasteiger partial charge in [0.25, 0.3) is 5.91 Å². The number of methoxy groups -OCH3 is 2. The van der Waals surface area contributed by atoms with Crippen molar-refractivity contribution in [3.05, 3.63) is 65.9 Å². The second kappa shape index (κ2) is 7.76. The molecule has 6 heteroatoms. The van der Waals surface area contributed by atoms with E-state index < -0.39 is 0 Å². The zero-order valence-corrected chi connectivity index (χ0v) is 14.5. The standard InChI is InChI=1S/C20H19NO5/c1-24-17-6-4-3-5-15(17)20(23)21-13-7-9-18(25-2)16(11-13)19-10-8-14(12-22)26-19/h3-11,22H,12H2,1-2H3,(H,21,23). The number of amides is 1. The first-order valence-electron chi connectivity index (χ1n) is 7.98. The summed E-state index contributed by atoms with van der Waals surface area (Å²) in [5.74, 6) is 1.80. The topological polar surface area (TPSA) is 80.9 Å². The number of rotatable bonds is 6. The van der Waals surface area contributed by atoms with Crippen LogP contribution in [0.4, 0.5) is 5.69 Å². The number of nitrogens with one attached hydrogen (secondary N) is 1. The number of ether oxygens (including phenoxy) is 2. The first-order chi connectivity index (χ1) is 12.7. The average molecular weight is 353 g/mol. The lowest BCUT2D eigenvalue weighted by molar-refractivity contribution is 0.102. The molecule has 0 bridgehead atoms. The van der Waals surface area contributed by atoms with Crippen LogP contribution in [0.5, 0.6) is 11.5 Å². The minimum atomic E-state index is -0.283. The highest BCUT2D eigenvalue weighted by Gasteiger charge is 2.15. The van der Waals surface area contributed by atoms with Crippen LogP contribution in [0.1, 0.15) is 16.1 Å². The van der Waals surface area contributed by atoms with E-state index in [0.717, 1.165) is 0 Å². The molecule has 1 aromatic heterocycles. The summed E-state index contributed by atoms with van der Waals surface area (Å²) in [6.07, 6.45) is 0. The quantitative estimate of drug-likeness (QED) is 0.706. The molecule has 26 heavy (non-hydrogen) atoms. The fraction of sp³-hybridized carbons (Fsp3) is 0.150. The molecule has 0 saturated heterocycles. The summed E-state index contributed by atoms with van der Waals surface area (Å²) in [5.41, 5.74) is 1.69. The van der Waals surface area contributed by atoms with Crippen LogP contribution in [0.15, 0.2) is 59.0 Å². The Labute approximate surface area is 151 Å². The van der Waals surface area contributed by atoms with Crippen LogP contribution in [-0.4, -0.2) is 25.2 Å². The fourth-order valence-corrected chi connectivity index (χ4v) is 2.62. The molecule has 0 aliphatic heterocycles. The molecule has 1 heterocycles. The molecule has 3 rings (SSSR count). The highest BCUT2D eigenvalue weighted by molar-refractivity contribution is 6.06. The van der Waals surface area contributed by atoms with Crippen LogP contribution in [0.25, 0.3) is 11.3 Å². The third-order valence-corrected chi connectivity index (χ3v) is 3.89. The van der Waals surface area contributed by atoms with Crippen molar-refractivity contribution >= 4 is 11.6 Å². The summed E-state index contributed by atoms with van der Waals surface area (Å²) in [7, 11) is 3.08. The Bertz CT molecular complexity index is 916. The molecule has 6 nitrogen and oxygen atoms in total. The van der Waals surface area contributed by atoms with Crippen molar-refractivity contribution in [3.8, 4) is 22.8 Å². The molecule has 2 aromatic carbocycles. The van der Waals surface area contributed by atoms with Gasteiger partial charge in [0.2, 0.25) is 0 Å². The maximum atomic E-state index is 12.6. The Balaban J connectivity index is 1.91. The summed E-state index contributed by atoms with van der Waals surface area (Å²) in [4.78, 5) is 12.6. The third kappa shape index (κ3) is 3.55. The van der Waals surface area contributed by atoms with E-state index in [4.69, 9.17) is 13.9 Å². The van der Waals surface area contributed by atoms with E-state index in [1.165, 1.54) is 7.11 Å². The Kier molecular flexibility index (Phi) is 5.24. The first kappa shape index (κ1) is 17.6. The Morgan fingerprint density at radius 1 is 1.04 bits per heavy atom. The van der Waals surface area contributed by atoms with Gasteiger partial charge in [-0.15, -0.1) is 0 Å². The summed E-state index contributed by atoms with van der Waals surface area (Å²) in [6, 6.07) is 15.7. The largest absolute Gasteiger partial charge is 0.496 e. The number of hydrogen-bond donors (Lipinski definition) is 2. The smallest absolute Gasteiger partial charge is 0.259 e. The van der Waals surface area contributed by atoms with E-state index in [2.05, 4.69) is 5.32 Å². The van der Waals surface area contributed by atoms with Gasteiger partial charge in [0.15, 0.2) is 0 Å². The van der Waals surface area contributed by atoms with Crippen molar-refractivity contribution < 1.29 is 23.8 Å². The van der Waals surface area contributed by atoms with Gasteiger partial charge in [-0.2, -0.15) is 0 Å². The second-order valence-electron chi connectivity index (χ2n) is 5.49. The van der Waals surface area contributed by atoms with Gasteiger partial charge in [0.1, 0.15) is 29.6 Å². The molecular formula is C20H19NO5. The highest BCUT2D eigenvalue weighted by atomic mass is 16.5. The van der Waals surface area contributed by atoms with E-state index in [9.17, 15) is 9.90 Å². The SMILES string of the molecule is COc1ccccc1C(=O)Nc1ccc(OC)c(-c2ccc(CO)o2)c1. The monoisotopic (exact) mass is 353 g/mol. The lowest BCUT2D eigenvalue weighted by Gasteiger charge is -2.12. The van der Waals surface area contributed by atoms with Crippen LogP contribution in [0.3, 0.4) is 0 Å². The molecule has 0 radical (unpaired) electrons. The van der Waals surface area contributed by atoms with Crippen molar-refractivity contribution in [1.82, 2.24) is 0 Å². The van der Waals surface area contributed by atoms with E-state index >= 15 is 0 Å². The van der Waals surface area contributed by atoms with Crippen LogP contribution in [-0.2, 0) is 6.61 Å². The molecule has 0 fully saturated rings. The first-order valence-corrected chi connectivity index (χ1v) is 7.98. The van der Waals surface area contributed by atoms with Gasteiger partial charge in [-0.25, -0.2) is 0 Å². The molecule has 1 amide bonds. The van der Waals surface area contributed by atoms with E-state index in [0.29, 0.717) is 39.8 Å². The van der Waals surface area contributed by atoms with Crippen LogP contribution < -0.4 is 14.8 Å². The molecule has 0 aliphatic rings. The maximum absolute atomic E-state index is 12.6. The van der Waals surface area contributed by atoms with Crippen molar-refractivity contribution in [3.63, 3.8) is 0 Å². The van der Waals surface area contributed by atoms with Crippen molar-refractivity contribution in [2.45, 2.75) is 6.61 Å². The third-order valence-electron chi connectivity index (χ3n) is 3.89. The molecule has 0 saturated carbocycles. The normalized spacial score (nSPS) is 10.4. The second-order valence-corrected chi connectivity index (χ2v) is 5.49. The van der Waals surface area contributed by atoms with Gasteiger partial charge in [-0.05, 0) is 42.5 Å². The van der Waals surface area contributed by atoms with E-state index in [-0.39, 0.29) is 12.5 Å². The number of carbonyl (C=O) groups is 1. The van der Waals surface area contributed by atoms with E-state index in [1.807, 2.05) is 0 Å². The summed E-state index contributed by atoms with van der Waals surface area (Å²) in [6.45, 7) is -0.188. The molecule has 3 aromatic rings. The number of furan rings is 1. The summed E-state index contributed by atoms with van der Waals surface area (Å²) < 4.78 is 16.2. The van der Waals surface area contributed by atoms with Crippen molar-refractivity contribution in [2.24, 2.45) is 0 Å². The Hall–Kier alpha value is -3.25. The van der Waals surface area contributed by atoms with Crippen molar-refractivity contribution in [2.75, 3.05) is 19.5 Å². The zero-order valence-electron chi connectivity index (χ0n) is 14.5. The number of aliphatic hydroxyl groups is 1. The minimum Gasteiger partial charge on any atom is -0.496 e. The Morgan fingerprint density at radius 2 is 1.81 bits per heavy atom. The predicted molar refractivity (Wildman–Crippen MR) is 97.6 cm³/mol. The summed E-state index contributed by atoms with van der Waals surface area (Å²) >= 11 is 0. The van der Waals surface area contributed by atoms with Gasteiger partial charge in [0.05, 0.1) is 25.3 Å². The maximum Gasteiger partial charge on any atom is 0.259 e. The number of aliphatic hydroxyl groups excluding tert-OH is 1. The number of para-hydroxylation sites is 1. The molecule has 2 N–H and O–H groups in total. The molecule has 0 spiro atoms. The average Bonchev–Trinajstić information content (AvgIpc) is 3.17. The number of anilines is 1. The van der Waals surface area contributed by atoms with Crippen LogP contribution in [0.2, 0.25) is 0 Å². The van der Waals surface area contributed by atoms with Crippen LogP contribution in [0, 0.1) is 0 Å². The number of carbonyl (C=O) groups excluding carboxylic acids is 1. The molecule has 0 unspecified atom stereocenters. The van der Waals surface area contributed by atoms with Gasteiger partial charge in [-0.1, -0.05) is 12.1 Å².